The SMILES string of the molecule is [O-][NH+]1CNC(F)c2ccccc21. The first kappa shape index (κ1) is 7.67. The van der Waals surface area contributed by atoms with Crippen LogP contribution in [0.25, 0.3) is 0 Å². The van der Waals surface area contributed by atoms with Crippen LogP contribution < -0.4 is 10.4 Å². The summed E-state index contributed by atoms with van der Waals surface area (Å²) in [6, 6.07) is 6.76. The third-order valence-electron chi connectivity index (χ3n) is 1.98. The summed E-state index contributed by atoms with van der Waals surface area (Å²) >= 11 is 0. The van der Waals surface area contributed by atoms with Crippen LogP contribution in [-0.4, -0.2) is 6.67 Å². The number of quaternary nitrogens is 1. The van der Waals surface area contributed by atoms with E-state index in [1.807, 2.05) is 0 Å². The molecule has 0 saturated carbocycles. The van der Waals surface area contributed by atoms with E-state index in [-0.39, 0.29) is 11.7 Å². The maximum absolute atomic E-state index is 13.1. The lowest BCUT2D eigenvalue weighted by atomic mass is 10.1. The molecule has 2 N–H and O–H groups in total. The molecule has 1 aromatic carbocycles. The molecule has 2 atom stereocenters. The van der Waals surface area contributed by atoms with Crippen molar-refractivity contribution in [3.05, 3.63) is 35.0 Å². The Bertz CT molecular complexity index is 263. The topological polar surface area (TPSA) is 39.5 Å². The molecule has 64 valence electrons. The monoisotopic (exact) mass is 168 g/mol. The molecule has 0 amide bonds. The van der Waals surface area contributed by atoms with Gasteiger partial charge in [-0.1, -0.05) is 12.1 Å². The van der Waals surface area contributed by atoms with Crippen molar-refractivity contribution in [2.75, 3.05) is 6.67 Å². The highest BCUT2D eigenvalue weighted by Gasteiger charge is 2.23. The van der Waals surface area contributed by atoms with E-state index >= 15 is 0 Å². The molecule has 1 aromatic rings. The van der Waals surface area contributed by atoms with E-state index < -0.39 is 6.30 Å². The van der Waals surface area contributed by atoms with E-state index in [1.165, 1.54) is 0 Å². The van der Waals surface area contributed by atoms with Crippen molar-refractivity contribution < 1.29 is 9.45 Å². The average molecular weight is 168 g/mol. The smallest absolute Gasteiger partial charge is 0.186 e. The zero-order valence-electron chi connectivity index (χ0n) is 6.38. The molecular weight excluding hydrogens is 159 g/mol. The van der Waals surface area contributed by atoms with Crippen molar-refractivity contribution >= 4 is 5.69 Å². The zero-order chi connectivity index (χ0) is 8.55. The molecule has 3 nitrogen and oxygen atoms in total. The van der Waals surface area contributed by atoms with Gasteiger partial charge in [0.2, 0.25) is 0 Å². The number of fused-ring (bicyclic) bond motifs is 1. The summed E-state index contributed by atoms with van der Waals surface area (Å²) in [5.41, 5.74) is 0.956. The fourth-order valence-corrected chi connectivity index (χ4v) is 1.36. The third kappa shape index (κ3) is 1.10. The van der Waals surface area contributed by atoms with Crippen molar-refractivity contribution in [3.8, 4) is 0 Å². The minimum atomic E-state index is -1.20. The molecule has 0 aliphatic carbocycles. The molecule has 0 saturated heterocycles. The van der Waals surface area contributed by atoms with Gasteiger partial charge in [-0.2, -0.15) is 0 Å². The molecular formula is C8H9FN2O. The minimum Gasteiger partial charge on any atom is -0.628 e. The van der Waals surface area contributed by atoms with Crippen molar-refractivity contribution in [1.29, 1.82) is 0 Å². The summed E-state index contributed by atoms with van der Waals surface area (Å²) in [4.78, 5) is 0. The Hall–Kier alpha value is -0.970. The van der Waals surface area contributed by atoms with Gasteiger partial charge < -0.3 is 10.3 Å². The largest absolute Gasteiger partial charge is 0.628 e. The quantitative estimate of drug-likeness (QED) is 0.430. The number of rotatable bonds is 0. The lowest BCUT2D eigenvalue weighted by Crippen LogP contribution is -3.05. The Kier molecular flexibility index (Phi) is 1.80. The van der Waals surface area contributed by atoms with Gasteiger partial charge in [0.15, 0.2) is 6.30 Å². The molecule has 0 bridgehead atoms. The lowest BCUT2D eigenvalue weighted by Gasteiger charge is -2.30. The van der Waals surface area contributed by atoms with E-state index in [9.17, 15) is 9.60 Å². The second-order valence-electron chi connectivity index (χ2n) is 2.75. The third-order valence-corrected chi connectivity index (χ3v) is 1.98. The number of hydrogen-bond acceptors (Lipinski definition) is 2. The maximum Gasteiger partial charge on any atom is 0.186 e. The van der Waals surface area contributed by atoms with E-state index in [2.05, 4.69) is 5.32 Å². The van der Waals surface area contributed by atoms with Gasteiger partial charge in [-0.3, -0.25) is 0 Å². The number of halogens is 1. The maximum atomic E-state index is 13.1. The van der Waals surface area contributed by atoms with E-state index in [0.717, 1.165) is 0 Å². The zero-order valence-corrected chi connectivity index (χ0v) is 6.38. The van der Waals surface area contributed by atoms with Crippen LogP contribution in [0, 0.1) is 5.21 Å². The summed E-state index contributed by atoms with van der Waals surface area (Å²) in [6.07, 6.45) is -1.20. The van der Waals surface area contributed by atoms with Crippen LogP contribution in [0.1, 0.15) is 11.9 Å². The van der Waals surface area contributed by atoms with Crippen LogP contribution in [0.15, 0.2) is 24.3 Å². The van der Waals surface area contributed by atoms with Crippen molar-refractivity contribution in [3.63, 3.8) is 0 Å². The minimum absolute atomic E-state index is 0.0421. The van der Waals surface area contributed by atoms with Crippen LogP contribution in [0.3, 0.4) is 0 Å². The summed E-state index contributed by atoms with van der Waals surface area (Å²) in [5, 5.41) is 13.6. The molecule has 0 fully saturated rings. The molecule has 0 spiro atoms. The number of para-hydroxylation sites is 1. The molecule has 12 heavy (non-hydrogen) atoms. The summed E-state index contributed by atoms with van der Waals surface area (Å²) in [7, 11) is 0. The Morgan fingerprint density at radius 2 is 2.25 bits per heavy atom. The lowest BCUT2D eigenvalue weighted by molar-refractivity contribution is -0.784. The Balaban J connectivity index is 2.47. The Morgan fingerprint density at radius 3 is 3.00 bits per heavy atom. The molecule has 1 aliphatic heterocycles. The fourth-order valence-electron chi connectivity index (χ4n) is 1.36. The molecule has 1 aliphatic rings. The van der Waals surface area contributed by atoms with Crippen LogP contribution in [-0.2, 0) is 0 Å². The van der Waals surface area contributed by atoms with E-state index in [0.29, 0.717) is 11.3 Å². The first-order chi connectivity index (χ1) is 5.79. The van der Waals surface area contributed by atoms with Gasteiger partial charge >= 0.3 is 0 Å². The van der Waals surface area contributed by atoms with Gasteiger partial charge in [-0.05, 0) is 12.1 Å². The van der Waals surface area contributed by atoms with Crippen molar-refractivity contribution in [2.24, 2.45) is 0 Å². The molecule has 2 unspecified atom stereocenters. The van der Waals surface area contributed by atoms with Crippen LogP contribution in [0.5, 0.6) is 0 Å². The number of alkyl halides is 1. The van der Waals surface area contributed by atoms with Gasteiger partial charge in [-0.15, -0.1) is 0 Å². The second-order valence-corrected chi connectivity index (χ2v) is 2.75. The first-order valence-corrected chi connectivity index (χ1v) is 3.78. The highest BCUT2D eigenvalue weighted by atomic mass is 19.1. The fraction of sp³-hybridized carbons (Fsp3) is 0.250. The van der Waals surface area contributed by atoms with Gasteiger partial charge in [0.1, 0.15) is 12.4 Å². The second kappa shape index (κ2) is 2.82. The number of nitrogens with one attached hydrogen (secondary N) is 2. The van der Waals surface area contributed by atoms with Gasteiger partial charge in [-0.25, -0.2) is 9.71 Å². The molecule has 4 heteroatoms. The van der Waals surface area contributed by atoms with Crippen LogP contribution in [0.4, 0.5) is 10.1 Å². The average Bonchev–Trinajstić information content (AvgIpc) is 2.12. The standard InChI is InChI=1S/C8H9FN2O/c9-8-6-3-1-2-4-7(6)11(12)5-10-8/h1-4,8,10-11H,5H2. The van der Waals surface area contributed by atoms with Gasteiger partial charge in [0.25, 0.3) is 0 Å². The van der Waals surface area contributed by atoms with Crippen LogP contribution >= 0.6 is 0 Å². The number of benzene rings is 1. The molecule has 0 aromatic heterocycles. The van der Waals surface area contributed by atoms with E-state index in [1.54, 1.807) is 24.3 Å². The van der Waals surface area contributed by atoms with Crippen molar-refractivity contribution in [1.82, 2.24) is 5.32 Å². The normalized spacial score (nSPS) is 28.2. The molecule has 1 heterocycles. The Morgan fingerprint density at radius 1 is 1.50 bits per heavy atom. The predicted octanol–water partition coefficient (Wildman–Crippen LogP) is 0.230. The first-order valence-electron chi connectivity index (χ1n) is 3.78. The van der Waals surface area contributed by atoms with Gasteiger partial charge in [0.05, 0.1) is 5.56 Å². The highest BCUT2D eigenvalue weighted by molar-refractivity contribution is 5.41. The van der Waals surface area contributed by atoms with Crippen molar-refractivity contribution in [2.45, 2.75) is 6.30 Å². The summed E-state index contributed by atoms with van der Waals surface area (Å²) < 4.78 is 13.1. The predicted molar refractivity (Wildman–Crippen MR) is 42.3 cm³/mol. The highest BCUT2D eigenvalue weighted by Crippen LogP contribution is 2.22. The summed E-state index contributed by atoms with van der Waals surface area (Å²) in [5.74, 6) is 0. The number of hydrogen-bond donors (Lipinski definition) is 2. The molecule has 2 rings (SSSR count). The number of hydroxylamine groups is 1. The van der Waals surface area contributed by atoms with Gasteiger partial charge in [0, 0.05) is 0 Å². The Labute approximate surface area is 69.4 Å². The van der Waals surface area contributed by atoms with E-state index in [4.69, 9.17) is 0 Å². The molecule has 0 radical (unpaired) electrons. The van der Waals surface area contributed by atoms with Crippen LogP contribution in [0.2, 0.25) is 0 Å². The summed E-state index contributed by atoms with van der Waals surface area (Å²) in [6.45, 7) is 0.0954.